The van der Waals surface area contributed by atoms with E-state index in [0.29, 0.717) is 0 Å². The number of pyridine rings is 1. The summed E-state index contributed by atoms with van der Waals surface area (Å²) in [7, 11) is 2.03. The highest BCUT2D eigenvalue weighted by Gasteiger charge is 2.14. The number of fused-ring (bicyclic) bond motifs is 1. The van der Waals surface area contributed by atoms with Crippen LogP contribution in [-0.2, 0) is 7.05 Å². The first-order chi connectivity index (χ1) is 12.3. The van der Waals surface area contributed by atoms with E-state index in [0.717, 1.165) is 39.4 Å². The van der Waals surface area contributed by atoms with E-state index in [4.69, 9.17) is 4.98 Å². The van der Waals surface area contributed by atoms with Crippen molar-refractivity contribution in [2.45, 2.75) is 11.8 Å². The van der Waals surface area contributed by atoms with Crippen molar-refractivity contribution < 1.29 is 0 Å². The second-order valence-electron chi connectivity index (χ2n) is 5.86. The number of benzene rings is 2. The van der Waals surface area contributed by atoms with Crippen molar-refractivity contribution in [1.82, 2.24) is 14.5 Å². The van der Waals surface area contributed by atoms with Gasteiger partial charge in [-0.2, -0.15) is 0 Å². The molecule has 2 aromatic carbocycles. The number of aryl methyl sites for hydroxylation is 1. The lowest BCUT2D eigenvalue weighted by Crippen LogP contribution is -1.95. The Kier molecular flexibility index (Phi) is 4.28. The van der Waals surface area contributed by atoms with Crippen LogP contribution in [0, 0.1) is 0 Å². The zero-order chi connectivity index (χ0) is 17.2. The van der Waals surface area contributed by atoms with Crippen molar-refractivity contribution >= 4 is 22.9 Å². The van der Waals surface area contributed by atoms with Crippen molar-refractivity contribution in [3.05, 3.63) is 66.9 Å². The van der Waals surface area contributed by atoms with Gasteiger partial charge < -0.3 is 4.57 Å². The molecule has 4 aromatic rings. The monoisotopic (exact) mass is 345 g/mol. The molecule has 0 saturated heterocycles. The molecular weight excluding hydrogens is 326 g/mol. The fourth-order valence-electron chi connectivity index (χ4n) is 3.04. The lowest BCUT2D eigenvalue weighted by Gasteiger charge is -2.07. The molecule has 0 bridgehead atoms. The standard InChI is InChI=1S/C21H19N3S/c1-3-25-19-12-8-7-11-17(19)20-23-18-13-16(14-22-21(18)24(20)2)15-9-5-4-6-10-15/h4-14H,3H2,1-2H3. The number of thioether (sulfide) groups is 1. The molecule has 0 N–H and O–H groups in total. The molecular formula is C21H19N3S. The fourth-order valence-corrected chi connectivity index (χ4v) is 3.84. The average Bonchev–Trinajstić information content (AvgIpc) is 2.99. The van der Waals surface area contributed by atoms with Gasteiger partial charge in [-0.15, -0.1) is 11.8 Å². The van der Waals surface area contributed by atoms with Crippen molar-refractivity contribution in [1.29, 1.82) is 0 Å². The van der Waals surface area contributed by atoms with Gasteiger partial charge in [0.05, 0.1) is 0 Å². The molecule has 0 unspecified atom stereocenters. The van der Waals surface area contributed by atoms with E-state index in [-0.39, 0.29) is 0 Å². The van der Waals surface area contributed by atoms with Crippen LogP contribution in [0.5, 0.6) is 0 Å². The Hall–Kier alpha value is -2.59. The summed E-state index contributed by atoms with van der Waals surface area (Å²) in [6, 6.07) is 20.9. The highest BCUT2D eigenvalue weighted by Crippen LogP contribution is 2.32. The third-order valence-electron chi connectivity index (χ3n) is 4.24. The molecule has 0 aliphatic carbocycles. The maximum Gasteiger partial charge on any atom is 0.160 e. The molecule has 4 heteroatoms. The predicted molar refractivity (Wildman–Crippen MR) is 106 cm³/mol. The first kappa shape index (κ1) is 15.9. The topological polar surface area (TPSA) is 30.7 Å². The second kappa shape index (κ2) is 6.73. The number of nitrogens with zero attached hydrogens (tertiary/aromatic N) is 3. The van der Waals surface area contributed by atoms with E-state index in [9.17, 15) is 0 Å². The minimum atomic E-state index is 0.908. The molecule has 124 valence electrons. The Labute approximate surface area is 151 Å². The summed E-state index contributed by atoms with van der Waals surface area (Å²) in [6.45, 7) is 2.17. The van der Waals surface area contributed by atoms with Crippen LogP contribution in [0.3, 0.4) is 0 Å². The van der Waals surface area contributed by atoms with Gasteiger partial charge in [0, 0.05) is 29.3 Å². The molecule has 25 heavy (non-hydrogen) atoms. The van der Waals surface area contributed by atoms with Crippen LogP contribution in [0.4, 0.5) is 0 Å². The van der Waals surface area contributed by atoms with Crippen LogP contribution in [0.25, 0.3) is 33.7 Å². The highest BCUT2D eigenvalue weighted by molar-refractivity contribution is 7.99. The summed E-state index contributed by atoms with van der Waals surface area (Å²) in [4.78, 5) is 10.8. The van der Waals surface area contributed by atoms with E-state index in [1.165, 1.54) is 4.90 Å². The molecule has 0 aliphatic heterocycles. The van der Waals surface area contributed by atoms with Crippen molar-refractivity contribution in [2.24, 2.45) is 7.05 Å². The van der Waals surface area contributed by atoms with Crippen LogP contribution in [0.1, 0.15) is 6.92 Å². The average molecular weight is 345 g/mol. The van der Waals surface area contributed by atoms with E-state index in [1.54, 1.807) is 0 Å². The normalized spacial score (nSPS) is 11.1. The van der Waals surface area contributed by atoms with Crippen LogP contribution in [0.2, 0.25) is 0 Å². The maximum absolute atomic E-state index is 4.90. The second-order valence-corrected chi connectivity index (χ2v) is 7.16. The Bertz CT molecular complexity index is 1020. The van der Waals surface area contributed by atoms with Gasteiger partial charge >= 0.3 is 0 Å². The summed E-state index contributed by atoms with van der Waals surface area (Å²) >= 11 is 1.84. The molecule has 0 radical (unpaired) electrons. The molecule has 0 aliphatic rings. The number of imidazole rings is 1. The maximum atomic E-state index is 4.90. The van der Waals surface area contributed by atoms with Crippen molar-refractivity contribution in [3.8, 4) is 22.5 Å². The van der Waals surface area contributed by atoms with Gasteiger partial charge in [-0.3, -0.25) is 0 Å². The predicted octanol–water partition coefficient (Wildman–Crippen LogP) is 5.41. The number of hydrogen-bond acceptors (Lipinski definition) is 3. The number of aromatic nitrogens is 3. The Balaban J connectivity index is 1.86. The molecule has 3 nitrogen and oxygen atoms in total. The first-order valence-electron chi connectivity index (χ1n) is 8.38. The lowest BCUT2D eigenvalue weighted by atomic mass is 10.1. The Morgan fingerprint density at radius 1 is 0.960 bits per heavy atom. The van der Waals surface area contributed by atoms with Crippen molar-refractivity contribution in [3.63, 3.8) is 0 Å². The van der Waals surface area contributed by atoms with Gasteiger partial charge in [-0.25, -0.2) is 9.97 Å². The zero-order valence-corrected chi connectivity index (χ0v) is 15.1. The van der Waals surface area contributed by atoms with Crippen LogP contribution in [0.15, 0.2) is 71.8 Å². The third kappa shape index (κ3) is 2.94. The summed E-state index contributed by atoms with van der Waals surface area (Å²) < 4.78 is 2.08. The zero-order valence-electron chi connectivity index (χ0n) is 14.3. The number of rotatable bonds is 4. The van der Waals surface area contributed by atoms with E-state index in [1.807, 2.05) is 43.2 Å². The molecule has 4 rings (SSSR count). The molecule has 0 amide bonds. The van der Waals surface area contributed by atoms with Gasteiger partial charge in [0.25, 0.3) is 0 Å². The quantitative estimate of drug-likeness (QED) is 0.463. The third-order valence-corrected chi connectivity index (χ3v) is 5.20. The molecule has 0 spiro atoms. The first-order valence-corrected chi connectivity index (χ1v) is 9.36. The molecule has 0 atom stereocenters. The summed E-state index contributed by atoms with van der Waals surface area (Å²) in [5.74, 6) is 2.00. The van der Waals surface area contributed by atoms with E-state index >= 15 is 0 Å². The fraction of sp³-hybridized carbons (Fsp3) is 0.143. The van der Waals surface area contributed by atoms with Gasteiger partial charge in [0.1, 0.15) is 11.3 Å². The Morgan fingerprint density at radius 3 is 2.52 bits per heavy atom. The smallest absolute Gasteiger partial charge is 0.160 e. The van der Waals surface area contributed by atoms with Gasteiger partial charge in [-0.05, 0) is 23.4 Å². The molecule has 0 fully saturated rings. The Morgan fingerprint density at radius 2 is 1.72 bits per heavy atom. The van der Waals surface area contributed by atoms with Gasteiger partial charge in [0.2, 0.25) is 0 Å². The van der Waals surface area contributed by atoms with E-state index < -0.39 is 0 Å². The SMILES string of the molecule is CCSc1ccccc1-c1nc2cc(-c3ccccc3)cnc2n1C. The van der Waals surface area contributed by atoms with Gasteiger partial charge in [-0.1, -0.05) is 55.5 Å². The van der Waals surface area contributed by atoms with Crippen molar-refractivity contribution in [2.75, 3.05) is 5.75 Å². The highest BCUT2D eigenvalue weighted by atomic mass is 32.2. The summed E-state index contributed by atoms with van der Waals surface area (Å²) in [5.41, 5.74) is 5.25. The molecule has 2 heterocycles. The molecule has 0 saturated carbocycles. The number of hydrogen-bond donors (Lipinski definition) is 0. The van der Waals surface area contributed by atoms with Gasteiger partial charge in [0.15, 0.2) is 5.65 Å². The summed E-state index contributed by atoms with van der Waals surface area (Å²) in [5, 5.41) is 0. The van der Waals surface area contributed by atoms with E-state index in [2.05, 4.69) is 58.9 Å². The minimum Gasteiger partial charge on any atom is -0.312 e. The minimum absolute atomic E-state index is 0.908. The van der Waals surface area contributed by atoms with Crippen LogP contribution in [-0.4, -0.2) is 20.3 Å². The van der Waals surface area contributed by atoms with Crippen LogP contribution >= 0.6 is 11.8 Å². The van der Waals surface area contributed by atoms with Crippen LogP contribution < -0.4 is 0 Å². The summed E-state index contributed by atoms with van der Waals surface area (Å²) in [6.07, 6.45) is 1.93. The lowest BCUT2D eigenvalue weighted by molar-refractivity contribution is 0.938. The largest absolute Gasteiger partial charge is 0.312 e. The molecule has 2 aromatic heterocycles.